The second kappa shape index (κ2) is 11.4. The molecule has 1 heterocycles. The number of rotatable bonds is 6. The van der Waals surface area contributed by atoms with E-state index in [0.717, 1.165) is 64.9 Å². The Morgan fingerprint density at radius 1 is 0.846 bits per heavy atom. The van der Waals surface area contributed by atoms with Gasteiger partial charge in [-0.05, 0) is 70.7 Å². The van der Waals surface area contributed by atoms with Gasteiger partial charge < -0.3 is 25.4 Å². The molecule has 0 aliphatic carbocycles. The summed E-state index contributed by atoms with van der Waals surface area (Å²) in [4.78, 5) is 13.1. The quantitative estimate of drug-likeness (QED) is 0.239. The summed E-state index contributed by atoms with van der Waals surface area (Å²) >= 11 is 0. The Morgan fingerprint density at radius 2 is 1.54 bits per heavy atom. The molecule has 3 N–H and O–H groups in total. The van der Waals surface area contributed by atoms with Gasteiger partial charge in [0, 0.05) is 30.3 Å². The Balaban J connectivity index is 1.36. The lowest BCUT2D eigenvalue weighted by Gasteiger charge is -2.24. The second-order valence-corrected chi connectivity index (χ2v) is 11.1. The van der Waals surface area contributed by atoms with E-state index in [1.165, 1.54) is 0 Å². The van der Waals surface area contributed by atoms with E-state index in [1.807, 2.05) is 42.5 Å². The molecule has 1 aliphatic heterocycles. The molecule has 1 fully saturated rings. The highest BCUT2D eigenvalue weighted by molar-refractivity contribution is 6.10. The first-order valence-corrected chi connectivity index (χ1v) is 13.5. The third-order valence-corrected chi connectivity index (χ3v) is 7.27. The number of hydrogen-bond acceptors (Lipinski definition) is 4. The van der Waals surface area contributed by atoms with Crippen molar-refractivity contribution in [1.82, 2.24) is 0 Å². The second-order valence-electron chi connectivity index (χ2n) is 11.1. The van der Waals surface area contributed by atoms with Crippen LogP contribution in [-0.2, 0) is 10.2 Å². The van der Waals surface area contributed by atoms with E-state index < -0.39 is 0 Å². The third kappa shape index (κ3) is 6.18. The maximum absolute atomic E-state index is 13.1. The van der Waals surface area contributed by atoms with Crippen LogP contribution in [0.25, 0.3) is 21.9 Å². The van der Waals surface area contributed by atoms with E-state index in [2.05, 4.69) is 73.1 Å². The summed E-state index contributed by atoms with van der Waals surface area (Å²) < 4.78 is 11.0. The van der Waals surface area contributed by atoms with Gasteiger partial charge in [-0.2, -0.15) is 0 Å². The van der Waals surface area contributed by atoms with E-state index in [4.69, 9.17) is 9.47 Å². The van der Waals surface area contributed by atoms with E-state index >= 15 is 0 Å². The van der Waals surface area contributed by atoms with Gasteiger partial charge in [-0.25, -0.2) is 4.79 Å². The lowest BCUT2D eigenvalue weighted by atomic mass is 9.87. The molecule has 1 aliphatic rings. The number of benzene rings is 4. The minimum absolute atomic E-state index is 0.0513. The highest BCUT2D eigenvalue weighted by Crippen LogP contribution is 2.35. The Labute approximate surface area is 230 Å². The van der Waals surface area contributed by atoms with Gasteiger partial charge in [-0.3, -0.25) is 0 Å². The van der Waals surface area contributed by atoms with E-state index in [1.54, 1.807) is 7.11 Å². The molecule has 202 valence electrons. The predicted octanol–water partition coefficient (Wildman–Crippen LogP) is 8.05. The average Bonchev–Trinajstić information content (AvgIpc) is 2.94. The molecule has 4 aromatic carbocycles. The number of carbonyl (C=O) groups excluding carboxylic acids is 1. The number of anilines is 3. The Bertz CT molecular complexity index is 1450. The molecule has 2 amide bonds. The van der Waals surface area contributed by atoms with Crippen LogP contribution in [0.3, 0.4) is 0 Å². The van der Waals surface area contributed by atoms with Gasteiger partial charge in [0.05, 0.1) is 18.5 Å². The summed E-state index contributed by atoms with van der Waals surface area (Å²) in [5.41, 5.74) is 5.81. The zero-order valence-corrected chi connectivity index (χ0v) is 23.1. The summed E-state index contributed by atoms with van der Waals surface area (Å²) in [6.07, 6.45) is 2.06. The number of hydrogen-bond donors (Lipinski definition) is 3. The van der Waals surface area contributed by atoms with Crippen LogP contribution in [0.2, 0.25) is 0 Å². The normalized spacial score (nSPS) is 14.2. The van der Waals surface area contributed by atoms with Crippen molar-refractivity contribution in [2.24, 2.45) is 0 Å². The molecular formula is C33H37N3O3. The lowest BCUT2D eigenvalue weighted by Crippen LogP contribution is -2.27. The van der Waals surface area contributed by atoms with E-state index in [9.17, 15) is 4.79 Å². The first-order chi connectivity index (χ1) is 18.8. The molecular weight excluding hydrogens is 486 g/mol. The zero-order valence-electron chi connectivity index (χ0n) is 23.1. The first-order valence-electron chi connectivity index (χ1n) is 13.5. The van der Waals surface area contributed by atoms with Crippen LogP contribution < -0.4 is 20.7 Å². The number of amides is 2. The highest BCUT2D eigenvalue weighted by Gasteiger charge is 2.18. The summed E-state index contributed by atoms with van der Waals surface area (Å²) in [7, 11) is 1.61. The largest absolute Gasteiger partial charge is 0.495 e. The number of nitrogens with one attached hydrogen (secondary N) is 3. The van der Waals surface area contributed by atoms with Gasteiger partial charge in [0.1, 0.15) is 5.75 Å². The molecule has 5 rings (SSSR count). The molecule has 4 aromatic rings. The Morgan fingerprint density at radius 3 is 2.23 bits per heavy atom. The van der Waals surface area contributed by atoms with Crippen LogP contribution in [0, 0.1) is 0 Å². The van der Waals surface area contributed by atoms with Crippen LogP contribution in [0.1, 0.15) is 39.2 Å². The van der Waals surface area contributed by atoms with Crippen LogP contribution >= 0.6 is 0 Å². The smallest absolute Gasteiger partial charge is 0.323 e. The molecule has 6 nitrogen and oxygen atoms in total. The Kier molecular flexibility index (Phi) is 7.75. The van der Waals surface area contributed by atoms with Gasteiger partial charge >= 0.3 is 6.03 Å². The van der Waals surface area contributed by atoms with Crippen LogP contribution in [0.15, 0.2) is 78.9 Å². The number of urea groups is 1. The highest BCUT2D eigenvalue weighted by atomic mass is 16.5. The molecule has 0 saturated carbocycles. The Hall–Kier alpha value is -4.03. The molecule has 0 radical (unpaired) electrons. The van der Waals surface area contributed by atoms with Crippen molar-refractivity contribution in [3.05, 3.63) is 84.4 Å². The van der Waals surface area contributed by atoms with Gasteiger partial charge in [0.15, 0.2) is 0 Å². The van der Waals surface area contributed by atoms with E-state index in [0.29, 0.717) is 17.5 Å². The number of ether oxygens (including phenoxy) is 2. The average molecular weight is 524 g/mol. The van der Waals surface area contributed by atoms with Crippen molar-refractivity contribution in [1.29, 1.82) is 0 Å². The van der Waals surface area contributed by atoms with Crippen LogP contribution in [-0.4, -0.2) is 32.4 Å². The number of carbonyl (C=O) groups is 1. The fourth-order valence-electron chi connectivity index (χ4n) is 5.03. The maximum Gasteiger partial charge on any atom is 0.323 e. The molecule has 0 atom stereocenters. The fourth-order valence-corrected chi connectivity index (χ4v) is 5.03. The lowest BCUT2D eigenvalue weighted by molar-refractivity contribution is 0.0904. The van der Waals surface area contributed by atoms with E-state index in [-0.39, 0.29) is 11.4 Å². The summed E-state index contributed by atoms with van der Waals surface area (Å²) in [5.74, 6) is 0.619. The monoisotopic (exact) mass is 523 g/mol. The number of methoxy groups -OCH3 is 1. The van der Waals surface area contributed by atoms with Gasteiger partial charge in [-0.15, -0.1) is 0 Å². The molecule has 1 saturated heterocycles. The third-order valence-electron chi connectivity index (χ3n) is 7.27. The summed E-state index contributed by atoms with van der Waals surface area (Å²) in [6, 6.07) is 26.8. The van der Waals surface area contributed by atoms with Crippen molar-refractivity contribution in [3.8, 4) is 16.9 Å². The van der Waals surface area contributed by atoms with Crippen molar-refractivity contribution < 1.29 is 14.3 Å². The molecule has 0 bridgehead atoms. The van der Waals surface area contributed by atoms with Crippen LogP contribution in [0.5, 0.6) is 5.75 Å². The predicted molar refractivity (Wildman–Crippen MR) is 161 cm³/mol. The zero-order chi connectivity index (χ0) is 27.4. The van der Waals surface area contributed by atoms with Gasteiger partial charge in [0.25, 0.3) is 0 Å². The van der Waals surface area contributed by atoms with Gasteiger partial charge in [-0.1, -0.05) is 69.3 Å². The summed E-state index contributed by atoms with van der Waals surface area (Å²) in [6.45, 7) is 8.06. The summed E-state index contributed by atoms with van der Waals surface area (Å²) in [5, 5.41) is 11.7. The molecule has 0 spiro atoms. The van der Waals surface area contributed by atoms with Crippen molar-refractivity contribution in [2.45, 2.75) is 45.1 Å². The SMILES string of the molecule is COc1ccc(C(C)(C)C)cc1NC(=O)Nc1ccc(-c2ccc(NC3CCOCC3)cc2)c2ccccc12. The molecule has 0 unspecified atom stereocenters. The first kappa shape index (κ1) is 26.6. The standard InChI is InChI=1S/C33H37N3O3/c1-33(2,3)23-11-16-31(38-4)30(21-23)36-32(37)35-29-15-14-26(27-7-5-6-8-28(27)29)22-9-12-24(13-10-22)34-25-17-19-39-20-18-25/h5-16,21,25,34H,17-20H2,1-4H3,(H2,35,36,37). The van der Waals surface area contributed by atoms with Crippen molar-refractivity contribution >= 4 is 33.9 Å². The molecule has 0 aromatic heterocycles. The fraction of sp³-hybridized carbons (Fsp3) is 0.303. The topological polar surface area (TPSA) is 71.6 Å². The molecule has 39 heavy (non-hydrogen) atoms. The number of fused-ring (bicyclic) bond motifs is 1. The van der Waals surface area contributed by atoms with Gasteiger partial charge in [0.2, 0.25) is 0 Å². The van der Waals surface area contributed by atoms with Crippen molar-refractivity contribution in [3.63, 3.8) is 0 Å². The van der Waals surface area contributed by atoms with Crippen LogP contribution in [0.4, 0.5) is 21.9 Å². The van der Waals surface area contributed by atoms with Crippen molar-refractivity contribution in [2.75, 3.05) is 36.3 Å². The minimum Gasteiger partial charge on any atom is -0.495 e. The molecule has 6 heteroatoms. The minimum atomic E-state index is -0.319. The maximum atomic E-state index is 13.1.